The van der Waals surface area contributed by atoms with Crippen molar-refractivity contribution in [2.24, 2.45) is 0 Å². The van der Waals surface area contributed by atoms with E-state index < -0.39 is 0 Å². The van der Waals surface area contributed by atoms with E-state index in [1.165, 1.54) is 5.56 Å². The first kappa shape index (κ1) is 8.09. The van der Waals surface area contributed by atoms with Crippen molar-refractivity contribution in [2.45, 2.75) is 24.9 Å². The van der Waals surface area contributed by atoms with Crippen molar-refractivity contribution in [3.05, 3.63) is 34.9 Å². The highest BCUT2D eigenvalue weighted by Gasteiger charge is 2.29. The maximum atomic E-state index is 9.41. The largest absolute Gasteiger partial charge is 0.392 e. The highest BCUT2D eigenvalue weighted by molar-refractivity contribution is 6.30. The fourth-order valence-corrected chi connectivity index (χ4v) is 1.81. The second-order valence-electron chi connectivity index (χ2n) is 3.31. The van der Waals surface area contributed by atoms with E-state index >= 15 is 0 Å². The van der Waals surface area contributed by atoms with Gasteiger partial charge in [0, 0.05) is 10.9 Å². The average molecular weight is 183 g/mol. The molecule has 1 saturated carbocycles. The maximum absolute atomic E-state index is 9.41. The summed E-state index contributed by atoms with van der Waals surface area (Å²) in [6.45, 7) is 0. The van der Waals surface area contributed by atoms with Crippen LogP contribution in [0.3, 0.4) is 0 Å². The summed E-state index contributed by atoms with van der Waals surface area (Å²) in [5.74, 6) is 0.323. The Bertz CT molecular complexity index is 285. The fourth-order valence-electron chi connectivity index (χ4n) is 1.61. The van der Waals surface area contributed by atoms with Gasteiger partial charge in [0.15, 0.2) is 0 Å². The Labute approximate surface area is 77.0 Å². The minimum absolute atomic E-state index is 0.150. The third kappa shape index (κ3) is 1.35. The normalized spacial score (nSPS) is 28.2. The molecule has 0 aromatic heterocycles. The maximum Gasteiger partial charge on any atom is 0.0609 e. The molecule has 2 unspecified atom stereocenters. The van der Waals surface area contributed by atoms with Gasteiger partial charge in [-0.15, -0.1) is 0 Å². The number of hydrogen-bond acceptors (Lipinski definition) is 1. The van der Waals surface area contributed by atoms with Crippen molar-refractivity contribution in [3.8, 4) is 0 Å². The van der Waals surface area contributed by atoms with Gasteiger partial charge in [0.25, 0.3) is 0 Å². The van der Waals surface area contributed by atoms with Crippen LogP contribution in [0.4, 0.5) is 0 Å². The third-order valence-corrected chi connectivity index (χ3v) is 2.75. The molecule has 1 aromatic rings. The first-order valence-corrected chi connectivity index (χ1v) is 4.59. The van der Waals surface area contributed by atoms with Crippen LogP contribution in [-0.4, -0.2) is 11.2 Å². The average Bonchev–Trinajstić information content (AvgIpc) is 2.02. The van der Waals surface area contributed by atoms with E-state index in [4.69, 9.17) is 11.6 Å². The lowest BCUT2D eigenvalue weighted by Gasteiger charge is -2.32. The molecule has 2 rings (SSSR count). The van der Waals surface area contributed by atoms with E-state index in [9.17, 15) is 5.11 Å². The van der Waals surface area contributed by atoms with Crippen LogP contribution in [0, 0.1) is 0 Å². The minimum atomic E-state index is -0.150. The molecule has 0 amide bonds. The molecule has 1 fully saturated rings. The molecule has 0 aliphatic heterocycles. The van der Waals surface area contributed by atoms with Crippen LogP contribution in [0.2, 0.25) is 5.02 Å². The second kappa shape index (κ2) is 3.08. The second-order valence-corrected chi connectivity index (χ2v) is 3.74. The van der Waals surface area contributed by atoms with E-state index in [2.05, 4.69) is 0 Å². The predicted octanol–water partition coefficient (Wildman–Crippen LogP) is 2.58. The summed E-state index contributed by atoms with van der Waals surface area (Å²) in [4.78, 5) is 0. The molecular weight excluding hydrogens is 172 g/mol. The molecule has 0 spiro atoms. The Morgan fingerprint density at radius 3 is 2.67 bits per heavy atom. The Morgan fingerprint density at radius 2 is 2.17 bits per heavy atom. The summed E-state index contributed by atoms with van der Waals surface area (Å²) >= 11 is 5.84. The highest BCUT2D eigenvalue weighted by Crippen LogP contribution is 2.37. The van der Waals surface area contributed by atoms with E-state index in [0.29, 0.717) is 5.92 Å². The number of benzene rings is 1. The zero-order valence-electron chi connectivity index (χ0n) is 6.70. The van der Waals surface area contributed by atoms with E-state index in [0.717, 1.165) is 17.9 Å². The van der Waals surface area contributed by atoms with Gasteiger partial charge < -0.3 is 5.11 Å². The number of hydrogen-bond donors (Lipinski definition) is 1. The zero-order valence-corrected chi connectivity index (χ0v) is 7.46. The molecule has 0 radical (unpaired) electrons. The van der Waals surface area contributed by atoms with Gasteiger partial charge >= 0.3 is 0 Å². The lowest BCUT2D eigenvalue weighted by Crippen LogP contribution is -2.28. The Hall–Kier alpha value is -0.530. The Morgan fingerprint density at radius 1 is 1.33 bits per heavy atom. The summed E-state index contributed by atoms with van der Waals surface area (Å²) in [6.07, 6.45) is 1.86. The zero-order chi connectivity index (χ0) is 8.55. The molecule has 1 N–H and O–H groups in total. The topological polar surface area (TPSA) is 20.2 Å². The molecule has 1 aliphatic carbocycles. The monoisotopic (exact) mass is 182 g/mol. The molecule has 2 heteroatoms. The number of aliphatic hydroxyl groups is 1. The molecule has 0 bridgehead atoms. The first-order valence-electron chi connectivity index (χ1n) is 4.21. The number of rotatable bonds is 1. The number of aliphatic hydroxyl groups excluding tert-OH is 1. The van der Waals surface area contributed by atoms with Crippen LogP contribution in [0.5, 0.6) is 0 Å². The predicted molar refractivity (Wildman–Crippen MR) is 49.4 cm³/mol. The standard InChI is InChI=1S/C10H11ClO/c11-8-3-1-2-7(6-8)9-4-5-10(9)12/h1-3,6,9-10,12H,4-5H2. The van der Waals surface area contributed by atoms with Gasteiger partial charge in [-0.25, -0.2) is 0 Å². The van der Waals surface area contributed by atoms with Gasteiger partial charge in [-0.3, -0.25) is 0 Å². The van der Waals surface area contributed by atoms with Gasteiger partial charge in [-0.05, 0) is 30.5 Å². The molecule has 2 atom stereocenters. The summed E-state index contributed by atoms with van der Waals surface area (Å²) in [6, 6.07) is 7.76. The SMILES string of the molecule is OC1CCC1c1cccc(Cl)c1. The molecule has 1 nitrogen and oxygen atoms in total. The van der Waals surface area contributed by atoms with E-state index in [-0.39, 0.29) is 6.10 Å². The van der Waals surface area contributed by atoms with Crippen molar-refractivity contribution in [1.29, 1.82) is 0 Å². The highest BCUT2D eigenvalue weighted by atomic mass is 35.5. The molecule has 1 aromatic carbocycles. The van der Waals surface area contributed by atoms with Crippen LogP contribution in [0.25, 0.3) is 0 Å². The third-order valence-electron chi connectivity index (χ3n) is 2.51. The van der Waals surface area contributed by atoms with Crippen molar-refractivity contribution in [2.75, 3.05) is 0 Å². The van der Waals surface area contributed by atoms with Crippen molar-refractivity contribution in [3.63, 3.8) is 0 Å². The van der Waals surface area contributed by atoms with Crippen LogP contribution in [0.15, 0.2) is 24.3 Å². The fraction of sp³-hybridized carbons (Fsp3) is 0.400. The van der Waals surface area contributed by atoms with Gasteiger partial charge in [-0.2, -0.15) is 0 Å². The first-order chi connectivity index (χ1) is 5.77. The summed E-state index contributed by atoms with van der Waals surface area (Å²) in [5.41, 5.74) is 1.17. The van der Waals surface area contributed by atoms with Gasteiger partial charge in [0.2, 0.25) is 0 Å². The van der Waals surface area contributed by atoms with Crippen LogP contribution in [-0.2, 0) is 0 Å². The number of halogens is 1. The Balaban J connectivity index is 2.22. The van der Waals surface area contributed by atoms with Gasteiger partial charge in [0.1, 0.15) is 0 Å². The molecule has 12 heavy (non-hydrogen) atoms. The van der Waals surface area contributed by atoms with E-state index in [1.807, 2.05) is 24.3 Å². The lowest BCUT2D eigenvalue weighted by atomic mass is 9.77. The molecule has 1 aliphatic rings. The van der Waals surface area contributed by atoms with Gasteiger partial charge in [-0.1, -0.05) is 23.7 Å². The smallest absolute Gasteiger partial charge is 0.0609 e. The van der Waals surface area contributed by atoms with Crippen molar-refractivity contribution < 1.29 is 5.11 Å². The summed E-state index contributed by atoms with van der Waals surface area (Å²) in [5, 5.41) is 10.2. The van der Waals surface area contributed by atoms with Crippen molar-refractivity contribution >= 4 is 11.6 Å². The van der Waals surface area contributed by atoms with Gasteiger partial charge in [0.05, 0.1) is 6.10 Å². The molecule has 0 heterocycles. The van der Waals surface area contributed by atoms with Crippen molar-refractivity contribution in [1.82, 2.24) is 0 Å². The van der Waals surface area contributed by atoms with E-state index in [1.54, 1.807) is 0 Å². The van der Waals surface area contributed by atoms with Crippen LogP contribution in [0.1, 0.15) is 24.3 Å². The summed E-state index contributed by atoms with van der Waals surface area (Å²) in [7, 11) is 0. The minimum Gasteiger partial charge on any atom is -0.392 e. The van der Waals surface area contributed by atoms with Crippen LogP contribution < -0.4 is 0 Å². The lowest BCUT2D eigenvalue weighted by molar-refractivity contribution is 0.0661. The van der Waals surface area contributed by atoms with Crippen LogP contribution >= 0.6 is 11.6 Å². The summed E-state index contributed by atoms with van der Waals surface area (Å²) < 4.78 is 0. The molecule has 0 saturated heterocycles. The Kier molecular flexibility index (Phi) is 2.07. The quantitative estimate of drug-likeness (QED) is 0.708. The molecular formula is C10H11ClO. The molecule has 64 valence electrons.